The van der Waals surface area contributed by atoms with E-state index in [1.807, 2.05) is 6.07 Å². The molecule has 0 radical (unpaired) electrons. The molecule has 5 rings (SSSR count). The molecule has 130 valence electrons. The van der Waals surface area contributed by atoms with Gasteiger partial charge in [-0.2, -0.15) is 0 Å². The first-order chi connectivity index (χ1) is 11.4. The highest BCUT2D eigenvalue weighted by molar-refractivity contribution is 9.10. The zero-order valence-corrected chi connectivity index (χ0v) is 15.9. The minimum Gasteiger partial charge on any atom is -0.445 e. The minimum atomic E-state index is -0.259. The lowest BCUT2D eigenvalue weighted by molar-refractivity contribution is -0.0339. The second-order valence-electron chi connectivity index (χ2n) is 8.10. The van der Waals surface area contributed by atoms with Crippen LogP contribution in [0.25, 0.3) is 0 Å². The summed E-state index contributed by atoms with van der Waals surface area (Å²) in [6.07, 6.45) is 3.03. The number of amides is 1. The molecule has 1 aromatic rings. The molecule has 0 aromatic heterocycles. The standard InChI is InChI=1S/C19H25BrN2O2/c1-19(2)10-16(14-4-3-13(20)9-15(14)19)21-18(23)24-17-11-22-7-5-12(17)6-8-22/h3-4,9,12,16-17H,5-8,10-11H2,1-2H3,(H,21,23)/t16?,17-/m0/s1. The summed E-state index contributed by atoms with van der Waals surface area (Å²) in [6.45, 7) is 7.69. The van der Waals surface area contributed by atoms with Crippen LogP contribution in [0.15, 0.2) is 22.7 Å². The molecule has 5 heteroatoms. The Labute approximate surface area is 152 Å². The van der Waals surface area contributed by atoms with Gasteiger partial charge in [-0.05, 0) is 66.9 Å². The third-order valence-electron chi connectivity index (χ3n) is 5.98. The minimum absolute atomic E-state index is 0.0386. The number of alkyl carbamates (subject to hydrolysis) is 1. The van der Waals surface area contributed by atoms with Crippen LogP contribution in [0.1, 0.15) is 50.3 Å². The number of benzene rings is 1. The van der Waals surface area contributed by atoms with Gasteiger partial charge in [0.2, 0.25) is 0 Å². The molecule has 0 saturated carbocycles. The molecule has 1 aliphatic carbocycles. The van der Waals surface area contributed by atoms with Gasteiger partial charge >= 0.3 is 6.09 Å². The van der Waals surface area contributed by atoms with Gasteiger partial charge in [0.25, 0.3) is 0 Å². The van der Waals surface area contributed by atoms with Gasteiger partial charge in [-0.25, -0.2) is 4.79 Å². The van der Waals surface area contributed by atoms with E-state index in [4.69, 9.17) is 4.74 Å². The van der Waals surface area contributed by atoms with E-state index in [2.05, 4.69) is 52.1 Å². The molecule has 0 spiro atoms. The van der Waals surface area contributed by atoms with Gasteiger partial charge in [-0.15, -0.1) is 0 Å². The molecular weight excluding hydrogens is 368 g/mol. The Hall–Kier alpha value is -1.07. The lowest BCUT2D eigenvalue weighted by atomic mass is 9.86. The van der Waals surface area contributed by atoms with Gasteiger partial charge < -0.3 is 10.1 Å². The van der Waals surface area contributed by atoms with Crippen molar-refractivity contribution < 1.29 is 9.53 Å². The van der Waals surface area contributed by atoms with Gasteiger partial charge in [0.05, 0.1) is 6.04 Å². The molecule has 3 heterocycles. The van der Waals surface area contributed by atoms with Crippen molar-refractivity contribution in [2.24, 2.45) is 5.92 Å². The van der Waals surface area contributed by atoms with Crippen LogP contribution in [-0.2, 0) is 10.2 Å². The van der Waals surface area contributed by atoms with Gasteiger partial charge in [0.1, 0.15) is 6.10 Å². The number of fused-ring (bicyclic) bond motifs is 4. The summed E-state index contributed by atoms with van der Waals surface area (Å²) in [5.41, 5.74) is 2.59. The smallest absolute Gasteiger partial charge is 0.407 e. The lowest BCUT2D eigenvalue weighted by Gasteiger charge is -2.43. The van der Waals surface area contributed by atoms with Gasteiger partial charge in [-0.1, -0.05) is 35.8 Å². The van der Waals surface area contributed by atoms with Crippen LogP contribution < -0.4 is 5.32 Å². The van der Waals surface area contributed by atoms with Gasteiger partial charge in [-0.3, -0.25) is 4.90 Å². The first kappa shape index (κ1) is 16.4. The largest absolute Gasteiger partial charge is 0.445 e. The van der Waals surface area contributed by atoms with Crippen LogP contribution in [0.2, 0.25) is 0 Å². The van der Waals surface area contributed by atoms with Crippen LogP contribution in [0.4, 0.5) is 4.79 Å². The summed E-state index contributed by atoms with van der Waals surface area (Å²) >= 11 is 3.56. The van der Waals surface area contributed by atoms with Gasteiger partial charge in [0.15, 0.2) is 0 Å². The Morgan fingerprint density at radius 2 is 2.08 bits per heavy atom. The van der Waals surface area contributed by atoms with Crippen LogP contribution in [-0.4, -0.2) is 36.7 Å². The Morgan fingerprint density at radius 3 is 2.75 bits per heavy atom. The molecule has 3 aliphatic heterocycles. The average molecular weight is 393 g/mol. The van der Waals surface area contributed by atoms with Crippen LogP contribution in [0, 0.1) is 5.92 Å². The van der Waals surface area contributed by atoms with Crippen LogP contribution in [0.3, 0.4) is 0 Å². The fourth-order valence-electron chi connectivity index (χ4n) is 4.64. The van der Waals surface area contributed by atoms with E-state index < -0.39 is 0 Å². The molecule has 4 aliphatic rings. The van der Waals surface area contributed by atoms with Gasteiger partial charge in [0, 0.05) is 11.0 Å². The number of nitrogens with one attached hydrogen (secondary N) is 1. The van der Waals surface area contributed by atoms with Crippen molar-refractivity contribution in [3.63, 3.8) is 0 Å². The van der Waals surface area contributed by atoms with Crippen molar-refractivity contribution in [1.82, 2.24) is 10.2 Å². The zero-order chi connectivity index (χ0) is 16.9. The van der Waals surface area contributed by atoms with E-state index in [9.17, 15) is 4.79 Å². The normalized spacial score (nSPS) is 33.1. The first-order valence-corrected chi connectivity index (χ1v) is 9.71. The Bertz CT molecular complexity index is 653. The maximum Gasteiger partial charge on any atom is 0.407 e. The fraction of sp³-hybridized carbons (Fsp3) is 0.632. The molecule has 2 atom stereocenters. The Morgan fingerprint density at radius 1 is 1.33 bits per heavy atom. The molecule has 4 nitrogen and oxygen atoms in total. The number of piperidine rings is 3. The number of nitrogens with zero attached hydrogens (tertiary/aromatic N) is 1. The summed E-state index contributed by atoms with van der Waals surface area (Å²) in [7, 11) is 0. The van der Waals surface area contributed by atoms with E-state index in [-0.39, 0.29) is 23.7 Å². The Balaban J connectivity index is 1.44. The second-order valence-corrected chi connectivity index (χ2v) is 9.01. The molecule has 3 fully saturated rings. The summed E-state index contributed by atoms with van der Waals surface area (Å²) < 4.78 is 6.88. The molecule has 2 bridgehead atoms. The number of hydrogen-bond acceptors (Lipinski definition) is 3. The quantitative estimate of drug-likeness (QED) is 0.826. The number of halogens is 1. The SMILES string of the molecule is CC1(C)CC(NC(=O)O[C@H]2CN3CCC2CC3)c2ccc(Br)cc21. The summed E-state index contributed by atoms with van der Waals surface area (Å²) in [6, 6.07) is 6.38. The van der Waals surface area contributed by atoms with Crippen molar-refractivity contribution in [3.05, 3.63) is 33.8 Å². The second kappa shape index (κ2) is 6.03. The molecular formula is C19H25BrN2O2. The van der Waals surface area contributed by atoms with E-state index in [1.54, 1.807) is 0 Å². The van der Waals surface area contributed by atoms with Crippen molar-refractivity contribution in [3.8, 4) is 0 Å². The molecule has 3 saturated heterocycles. The van der Waals surface area contributed by atoms with Crippen LogP contribution in [0.5, 0.6) is 0 Å². The van der Waals surface area contributed by atoms with Crippen molar-refractivity contribution in [2.75, 3.05) is 19.6 Å². The highest BCUT2D eigenvalue weighted by Gasteiger charge is 2.40. The van der Waals surface area contributed by atoms with Crippen molar-refractivity contribution in [2.45, 2.75) is 50.7 Å². The monoisotopic (exact) mass is 392 g/mol. The topological polar surface area (TPSA) is 41.6 Å². The fourth-order valence-corrected chi connectivity index (χ4v) is 5.00. The summed E-state index contributed by atoms with van der Waals surface area (Å²) in [4.78, 5) is 14.9. The lowest BCUT2D eigenvalue weighted by Crippen LogP contribution is -2.52. The van der Waals surface area contributed by atoms with Crippen LogP contribution >= 0.6 is 15.9 Å². The first-order valence-electron chi connectivity index (χ1n) is 8.92. The number of carbonyl (C=O) groups is 1. The maximum absolute atomic E-state index is 12.5. The molecule has 1 unspecified atom stereocenters. The van der Waals surface area contributed by atoms with E-state index >= 15 is 0 Å². The highest BCUT2D eigenvalue weighted by Crippen LogP contribution is 2.45. The van der Waals surface area contributed by atoms with E-state index in [0.29, 0.717) is 5.92 Å². The number of rotatable bonds is 2. The number of carbonyl (C=O) groups excluding carboxylic acids is 1. The molecule has 1 aromatic carbocycles. The zero-order valence-electron chi connectivity index (χ0n) is 14.3. The predicted molar refractivity (Wildman–Crippen MR) is 97.1 cm³/mol. The van der Waals surface area contributed by atoms with E-state index in [1.165, 1.54) is 11.1 Å². The summed E-state index contributed by atoms with van der Waals surface area (Å²) in [5.74, 6) is 0.545. The molecule has 24 heavy (non-hydrogen) atoms. The molecule has 1 amide bonds. The summed E-state index contributed by atoms with van der Waals surface area (Å²) in [5, 5.41) is 3.12. The van der Waals surface area contributed by atoms with Crippen molar-refractivity contribution >= 4 is 22.0 Å². The highest BCUT2D eigenvalue weighted by atomic mass is 79.9. The molecule has 1 N–H and O–H groups in total. The number of hydrogen-bond donors (Lipinski definition) is 1. The third-order valence-corrected chi connectivity index (χ3v) is 6.47. The number of ether oxygens (including phenoxy) is 1. The Kier molecular flexibility index (Phi) is 4.12. The average Bonchev–Trinajstić information content (AvgIpc) is 2.78. The maximum atomic E-state index is 12.5. The van der Waals surface area contributed by atoms with Crippen molar-refractivity contribution in [1.29, 1.82) is 0 Å². The van der Waals surface area contributed by atoms with E-state index in [0.717, 1.165) is 43.4 Å². The predicted octanol–water partition coefficient (Wildman–Crippen LogP) is 3.99. The third kappa shape index (κ3) is 2.97.